The Morgan fingerprint density at radius 1 is 1.15 bits per heavy atom. The number of hydrogen-bond donors (Lipinski definition) is 1. The number of ether oxygens (including phenoxy) is 2. The highest BCUT2D eigenvalue weighted by molar-refractivity contribution is 5.68. The fourth-order valence-electron chi connectivity index (χ4n) is 2.80. The third kappa shape index (κ3) is 4.49. The molecule has 0 saturated heterocycles. The van der Waals surface area contributed by atoms with Crippen LogP contribution in [0.5, 0.6) is 11.5 Å². The normalized spacial score (nSPS) is 11.7. The van der Waals surface area contributed by atoms with Crippen molar-refractivity contribution in [1.82, 2.24) is 20.2 Å². The van der Waals surface area contributed by atoms with Crippen molar-refractivity contribution >= 4 is 5.95 Å². The van der Waals surface area contributed by atoms with Gasteiger partial charge in [-0.2, -0.15) is 5.10 Å². The Hall–Kier alpha value is -3.22. The standard InChI is InChI=1S/C20H23N5O2/c1-13-6-5-9-21-17(13)10-14(2)23-20-24-18(12-22-25-20)16-8-7-15(26-3)11-19(16)27-4/h5-9,11-12,14H,10H2,1-4H3,(H,23,24,25). The molecule has 2 heterocycles. The summed E-state index contributed by atoms with van der Waals surface area (Å²) < 4.78 is 10.7. The summed E-state index contributed by atoms with van der Waals surface area (Å²) in [5.74, 6) is 1.85. The molecule has 0 saturated carbocycles. The second kappa shape index (κ2) is 8.44. The Bertz CT molecular complexity index is 916. The van der Waals surface area contributed by atoms with E-state index in [-0.39, 0.29) is 6.04 Å². The molecule has 0 aliphatic heterocycles. The second-order valence-corrected chi connectivity index (χ2v) is 6.25. The number of anilines is 1. The van der Waals surface area contributed by atoms with Crippen molar-refractivity contribution in [1.29, 1.82) is 0 Å². The minimum Gasteiger partial charge on any atom is -0.497 e. The van der Waals surface area contributed by atoms with E-state index in [9.17, 15) is 0 Å². The van der Waals surface area contributed by atoms with Crippen molar-refractivity contribution in [2.45, 2.75) is 26.3 Å². The molecule has 0 radical (unpaired) electrons. The van der Waals surface area contributed by atoms with E-state index >= 15 is 0 Å². The summed E-state index contributed by atoms with van der Waals surface area (Å²) in [5.41, 5.74) is 3.72. The molecule has 27 heavy (non-hydrogen) atoms. The molecule has 3 rings (SSSR count). The van der Waals surface area contributed by atoms with Crippen LogP contribution in [0.3, 0.4) is 0 Å². The highest BCUT2D eigenvalue weighted by atomic mass is 16.5. The smallest absolute Gasteiger partial charge is 0.243 e. The minimum absolute atomic E-state index is 0.105. The first-order valence-electron chi connectivity index (χ1n) is 8.70. The molecule has 1 atom stereocenters. The van der Waals surface area contributed by atoms with Crippen LogP contribution in [0.15, 0.2) is 42.7 Å². The molecule has 0 amide bonds. The molecule has 7 heteroatoms. The highest BCUT2D eigenvalue weighted by Crippen LogP contribution is 2.32. The van der Waals surface area contributed by atoms with Crippen molar-refractivity contribution in [3.05, 3.63) is 54.0 Å². The van der Waals surface area contributed by atoms with Crippen molar-refractivity contribution in [2.24, 2.45) is 0 Å². The van der Waals surface area contributed by atoms with Gasteiger partial charge in [0.1, 0.15) is 11.5 Å². The van der Waals surface area contributed by atoms with Crippen LogP contribution in [0.25, 0.3) is 11.3 Å². The minimum atomic E-state index is 0.105. The van der Waals surface area contributed by atoms with E-state index in [0.717, 1.165) is 23.4 Å². The number of nitrogens with zero attached hydrogens (tertiary/aromatic N) is 4. The van der Waals surface area contributed by atoms with Gasteiger partial charge >= 0.3 is 0 Å². The number of aryl methyl sites for hydroxylation is 1. The molecule has 1 unspecified atom stereocenters. The van der Waals surface area contributed by atoms with Crippen molar-refractivity contribution in [2.75, 3.05) is 19.5 Å². The number of rotatable bonds is 7. The van der Waals surface area contributed by atoms with Crippen molar-refractivity contribution in [3.8, 4) is 22.8 Å². The van der Waals surface area contributed by atoms with E-state index in [0.29, 0.717) is 17.4 Å². The number of pyridine rings is 1. The molecule has 0 bridgehead atoms. The van der Waals surface area contributed by atoms with Gasteiger partial charge in [-0.15, -0.1) is 5.10 Å². The molecule has 0 fully saturated rings. The molecule has 140 valence electrons. The Balaban J connectivity index is 1.79. The van der Waals surface area contributed by atoms with E-state index in [4.69, 9.17) is 9.47 Å². The van der Waals surface area contributed by atoms with Crippen LogP contribution in [0.2, 0.25) is 0 Å². The lowest BCUT2D eigenvalue weighted by atomic mass is 10.1. The van der Waals surface area contributed by atoms with Gasteiger partial charge in [-0.25, -0.2) is 4.98 Å². The van der Waals surface area contributed by atoms with Gasteiger partial charge in [-0.3, -0.25) is 4.98 Å². The Morgan fingerprint density at radius 3 is 2.74 bits per heavy atom. The van der Waals surface area contributed by atoms with Gasteiger partial charge in [-0.1, -0.05) is 6.07 Å². The first-order chi connectivity index (χ1) is 13.1. The monoisotopic (exact) mass is 365 g/mol. The summed E-state index contributed by atoms with van der Waals surface area (Å²) in [7, 11) is 3.23. The SMILES string of the molecule is COc1ccc(-c2cnnc(NC(C)Cc3ncccc3C)n2)c(OC)c1. The van der Waals surface area contributed by atoms with Crippen LogP contribution in [0.1, 0.15) is 18.2 Å². The lowest BCUT2D eigenvalue weighted by Crippen LogP contribution is -2.21. The Labute approximate surface area is 158 Å². The molecular weight excluding hydrogens is 342 g/mol. The van der Waals surface area contributed by atoms with Crippen LogP contribution < -0.4 is 14.8 Å². The van der Waals surface area contributed by atoms with Crippen LogP contribution in [0.4, 0.5) is 5.95 Å². The largest absolute Gasteiger partial charge is 0.497 e. The number of methoxy groups -OCH3 is 2. The average Bonchev–Trinajstić information content (AvgIpc) is 2.69. The lowest BCUT2D eigenvalue weighted by molar-refractivity contribution is 0.395. The topological polar surface area (TPSA) is 82.1 Å². The maximum atomic E-state index is 5.46. The predicted molar refractivity (Wildman–Crippen MR) is 104 cm³/mol. The second-order valence-electron chi connectivity index (χ2n) is 6.25. The maximum Gasteiger partial charge on any atom is 0.243 e. The molecule has 0 spiro atoms. The summed E-state index contributed by atoms with van der Waals surface area (Å²) in [6, 6.07) is 9.68. The highest BCUT2D eigenvalue weighted by Gasteiger charge is 2.13. The zero-order chi connectivity index (χ0) is 19.2. The zero-order valence-electron chi connectivity index (χ0n) is 15.9. The van der Waals surface area contributed by atoms with E-state index < -0.39 is 0 Å². The van der Waals surface area contributed by atoms with Gasteiger partial charge in [0.15, 0.2) is 0 Å². The van der Waals surface area contributed by atoms with Crippen LogP contribution in [-0.2, 0) is 6.42 Å². The van der Waals surface area contributed by atoms with Gasteiger partial charge in [0, 0.05) is 36.0 Å². The quantitative estimate of drug-likeness (QED) is 0.688. The van der Waals surface area contributed by atoms with E-state index in [1.165, 1.54) is 5.56 Å². The number of benzene rings is 1. The molecule has 0 aliphatic rings. The van der Waals surface area contributed by atoms with Crippen molar-refractivity contribution < 1.29 is 9.47 Å². The summed E-state index contributed by atoms with van der Waals surface area (Å²) in [6.45, 7) is 4.13. The number of aromatic nitrogens is 4. The predicted octanol–water partition coefficient (Wildman–Crippen LogP) is 3.30. The van der Waals surface area contributed by atoms with Gasteiger partial charge in [0.25, 0.3) is 0 Å². The Kier molecular flexibility index (Phi) is 5.80. The lowest BCUT2D eigenvalue weighted by Gasteiger charge is -2.15. The van der Waals surface area contributed by atoms with Crippen LogP contribution in [-0.4, -0.2) is 40.4 Å². The van der Waals surface area contributed by atoms with E-state index in [1.807, 2.05) is 30.5 Å². The Morgan fingerprint density at radius 2 is 2.00 bits per heavy atom. The van der Waals surface area contributed by atoms with Gasteiger partial charge < -0.3 is 14.8 Å². The summed E-state index contributed by atoms with van der Waals surface area (Å²) in [6.07, 6.45) is 4.19. The zero-order valence-corrected chi connectivity index (χ0v) is 15.9. The van der Waals surface area contributed by atoms with Crippen LogP contribution in [0, 0.1) is 6.92 Å². The fourth-order valence-corrected chi connectivity index (χ4v) is 2.80. The number of hydrogen-bond acceptors (Lipinski definition) is 7. The van der Waals surface area contributed by atoms with Crippen molar-refractivity contribution in [3.63, 3.8) is 0 Å². The maximum absolute atomic E-state index is 5.46. The summed E-state index contributed by atoms with van der Waals surface area (Å²) in [4.78, 5) is 9.02. The molecule has 0 aliphatic carbocycles. The third-order valence-corrected chi connectivity index (χ3v) is 4.24. The van der Waals surface area contributed by atoms with Gasteiger partial charge in [-0.05, 0) is 37.6 Å². The molecular formula is C20H23N5O2. The first kappa shape index (κ1) is 18.6. The number of nitrogens with one attached hydrogen (secondary N) is 1. The molecule has 1 aromatic carbocycles. The third-order valence-electron chi connectivity index (χ3n) is 4.24. The molecule has 2 aromatic heterocycles. The van der Waals surface area contributed by atoms with Crippen LogP contribution >= 0.6 is 0 Å². The fraction of sp³-hybridized carbons (Fsp3) is 0.300. The average molecular weight is 365 g/mol. The van der Waals surface area contributed by atoms with Gasteiger partial charge in [0.05, 0.1) is 26.1 Å². The summed E-state index contributed by atoms with van der Waals surface area (Å²) >= 11 is 0. The van der Waals surface area contributed by atoms with E-state index in [1.54, 1.807) is 20.4 Å². The first-order valence-corrected chi connectivity index (χ1v) is 8.70. The van der Waals surface area contributed by atoms with Gasteiger partial charge in [0.2, 0.25) is 5.95 Å². The molecule has 3 aromatic rings. The summed E-state index contributed by atoms with van der Waals surface area (Å²) in [5, 5.41) is 11.5. The van der Waals surface area contributed by atoms with E-state index in [2.05, 4.69) is 45.4 Å². The molecule has 7 nitrogen and oxygen atoms in total. The molecule has 1 N–H and O–H groups in total.